The van der Waals surface area contributed by atoms with Gasteiger partial charge in [-0.3, -0.25) is 9.48 Å². The molecule has 1 saturated heterocycles. The number of carbonyl (C=O) groups is 1. The summed E-state index contributed by atoms with van der Waals surface area (Å²) < 4.78 is 1.84. The molecule has 1 aliphatic heterocycles. The lowest BCUT2D eigenvalue weighted by Gasteiger charge is -2.14. The Morgan fingerprint density at radius 3 is 2.80 bits per heavy atom. The molecule has 0 aliphatic carbocycles. The fraction of sp³-hybridized carbons (Fsp3) is 0.636. The predicted octanol–water partition coefficient (Wildman–Crippen LogP) is 1.20. The van der Waals surface area contributed by atoms with Gasteiger partial charge < -0.3 is 4.90 Å². The first kappa shape index (κ1) is 10.2. The smallest absolute Gasteiger partial charge is 0.224 e. The third-order valence-corrected chi connectivity index (χ3v) is 2.78. The van der Waals surface area contributed by atoms with Crippen LogP contribution >= 0.6 is 0 Å². The van der Waals surface area contributed by atoms with Gasteiger partial charge >= 0.3 is 0 Å². The minimum absolute atomic E-state index is 0.264. The standard InChI is InChI=1S/C11H17N3O/c1-10-8-12-14(9-10)7-4-11(15)13-5-2-3-6-13/h8-9H,2-7H2,1H3. The van der Waals surface area contributed by atoms with Crippen molar-refractivity contribution in [3.8, 4) is 0 Å². The number of likely N-dealkylation sites (tertiary alicyclic amines) is 1. The van der Waals surface area contributed by atoms with Crippen LogP contribution in [0.4, 0.5) is 0 Å². The number of rotatable bonds is 3. The Hall–Kier alpha value is -1.32. The van der Waals surface area contributed by atoms with Gasteiger partial charge in [0.05, 0.1) is 6.20 Å². The highest BCUT2D eigenvalue weighted by Crippen LogP contribution is 2.09. The SMILES string of the molecule is Cc1cnn(CCC(=O)N2CCCC2)c1. The van der Waals surface area contributed by atoms with E-state index in [4.69, 9.17) is 0 Å². The number of amides is 1. The van der Waals surface area contributed by atoms with Crippen LogP contribution in [0.15, 0.2) is 12.4 Å². The molecule has 0 N–H and O–H groups in total. The van der Waals surface area contributed by atoms with E-state index >= 15 is 0 Å². The molecule has 0 atom stereocenters. The first-order valence-electron chi connectivity index (χ1n) is 5.52. The van der Waals surface area contributed by atoms with Crippen LogP contribution in [0.3, 0.4) is 0 Å². The number of aromatic nitrogens is 2. The van der Waals surface area contributed by atoms with Gasteiger partial charge in [0.1, 0.15) is 0 Å². The number of hydrogen-bond acceptors (Lipinski definition) is 2. The lowest BCUT2D eigenvalue weighted by molar-refractivity contribution is -0.130. The summed E-state index contributed by atoms with van der Waals surface area (Å²) in [6, 6.07) is 0. The van der Waals surface area contributed by atoms with Gasteiger partial charge in [0.15, 0.2) is 0 Å². The highest BCUT2D eigenvalue weighted by molar-refractivity contribution is 5.76. The Morgan fingerprint density at radius 2 is 2.20 bits per heavy atom. The molecule has 2 rings (SSSR count). The molecule has 0 spiro atoms. The van der Waals surface area contributed by atoms with Crippen LogP contribution in [0.2, 0.25) is 0 Å². The zero-order chi connectivity index (χ0) is 10.7. The van der Waals surface area contributed by atoms with Gasteiger partial charge in [0, 0.05) is 32.3 Å². The normalized spacial score (nSPS) is 15.9. The number of hydrogen-bond donors (Lipinski definition) is 0. The topological polar surface area (TPSA) is 38.1 Å². The quantitative estimate of drug-likeness (QED) is 0.747. The largest absolute Gasteiger partial charge is 0.343 e. The molecule has 82 valence electrons. The first-order chi connectivity index (χ1) is 7.25. The van der Waals surface area contributed by atoms with Crippen molar-refractivity contribution in [2.75, 3.05) is 13.1 Å². The third-order valence-electron chi connectivity index (χ3n) is 2.78. The maximum atomic E-state index is 11.7. The summed E-state index contributed by atoms with van der Waals surface area (Å²) in [6.45, 7) is 4.59. The lowest BCUT2D eigenvalue weighted by Crippen LogP contribution is -2.28. The molecule has 0 saturated carbocycles. The van der Waals surface area contributed by atoms with Crippen LogP contribution in [-0.2, 0) is 11.3 Å². The second kappa shape index (κ2) is 4.47. The Bertz CT molecular complexity index is 339. The molecular formula is C11H17N3O. The fourth-order valence-corrected chi connectivity index (χ4v) is 1.92. The summed E-state index contributed by atoms with van der Waals surface area (Å²) in [4.78, 5) is 13.7. The van der Waals surface area contributed by atoms with E-state index in [1.54, 1.807) is 0 Å². The van der Waals surface area contributed by atoms with E-state index < -0.39 is 0 Å². The summed E-state index contributed by atoms with van der Waals surface area (Å²) in [7, 11) is 0. The van der Waals surface area contributed by atoms with E-state index in [0.29, 0.717) is 13.0 Å². The van der Waals surface area contributed by atoms with Crippen molar-refractivity contribution < 1.29 is 4.79 Å². The Balaban J connectivity index is 1.80. The van der Waals surface area contributed by atoms with Crippen molar-refractivity contribution in [1.29, 1.82) is 0 Å². The molecule has 4 nitrogen and oxygen atoms in total. The van der Waals surface area contributed by atoms with E-state index in [1.807, 2.05) is 28.9 Å². The third kappa shape index (κ3) is 2.58. The second-order valence-electron chi connectivity index (χ2n) is 4.12. The van der Waals surface area contributed by atoms with Gasteiger partial charge in [-0.15, -0.1) is 0 Å². The zero-order valence-corrected chi connectivity index (χ0v) is 9.15. The summed E-state index contributed by atoms with van der Waals surface area (Å²) in [6.07, 6.45) is 6.68. The highest BCUT2D eigenvalue weighted by atomic mass is 16.2. The molecule has 0 aromatic carbocycles. The fourth-order valence-electron chi connectivity index (χ4n) is 1.92. The zero-order valence-electron chi connectivity index (χ0n) is 9.15. The molecule has 1 aromatic rings. The van der Waals surface area contributed by atoms with Crippen LogP contribution in [0, 0.1) is 6.92 Å². The Kier molecular flexibility index (Phi) is 3.04. The van der Waals surface area contributed by atoms with Crippen LogP contribution in [0.1, 0.15) is 24.8 Å². The molecule has 2 heterocycles. The van der Waals surface area contributed by atoms with Crippen molar-refractivity contribution in [3.05, 3.63) is 18.0 Å². The second-order valence-corrected chi connectivity index (χ2v) is 4.12. The summed E-state index contributed by atoms with van der Waals surface area (Å²) >= 11 is 0. The molecule has 1 aliphatic rings. The Morgan fingerprint density at radius 1 is 1.47 bits per heavy atom. The predicted molar refractivity (Wildman–Crippen MR) is 57.4 cm³/mol. The van der Waals surface area contributed by atoms with Gasteiger partial charge in [0.25, 0.3) is 0 Å². The van der Waals surface area contributed by atoms with Crippen LogP contribution in [0.5, 0.6) is 0 Å². The molecular weight excluding hydrogens is 190 g/mol. The molecule has 1 aromatic heterocycles. The molecule has 0 radical (unpaired) electrons. The minimum Gasteiger partial charge on any atom is -0.343 e. The van der Waals surface area contributed by atoms with Crippen molar-refractivity contribution in [2.24, 2.45) is 0 Å². The van der Waals surface area contributed by atoms with Crippen LogP contribution in [-0.4, -0.2) is 33.7 Å². The maximum Gasteiger partial charge on any atom is 0.224 e. The van der Waals surface area contributed by atoms with Gasteiger partial charge in [-0.2, -0.15) is 5.10 Å². The van der Waals surface area contributed by atoms with Crippen LogP contribution in [0.25, 0.3) is 0 Å². The average molecular weight is 207 g/mol. The first-order valence-corrected chi connectivity index (χ1v) is 5.52. The van der Waals surface area contributed by atoms with E-state index in [2.05, 4.69) is 5.10 Å². The van der Waals surface area contributed by atoms with Crippen molar-refractivity contribution in [3.63, 3.8) is 0 Å². The number of carbonyl (C=O) groups excluding carboxylic acids is 1. The molecule has 4 heteroatoms. The molecule has 0 unspecified atom stereocenters. The van der Waals surface area contributed by atoms with E-state index in [-0.39, 0.29) is 5.91 Å². The molecule has 1 amide bonds. The van der Waals surface area contributed by atoms with Crippen LogP contribution < -0.4 is 0 Å². The monoisotopic (exact) mass is 207 g/mol. The van der Waals surface area contributed by atoms with Gasteiger partial charge in [-0.05, 0) is 25.3 Å². The Labute approximate surface area is 89.9 Å². The molecule has 1 fully saturated rings. The lowest BCUT2D eigenvalue weighted by atomic mass is 10.3. The number of aryl methyl sites for hydroxylation is 2. The summed E-state index contributed by atoms with van der Waals surface area (Å²) in [5, 5.41) is 4.16. The van der Waals surface area contributed by atoms with Gasteiger partial charge in [-0.25, -0.2) is 0 Å². The molecule has 15 heavy (non-hydrogen) atoms. The van der Waals surface area contributed by atoms with Crippen molar-refractivity contribution in [1.82, 2.24) is 14.7 Å². The maximum absolute atomic E-state index is 11.7. The minimum atomic E-state index is 0.264. The van der Waals surface area contributed by atoms with Gasteiger partial charge in [0.2, 0.25) is 5.91 Å². The van der Waals surface area contributed by atoms with E-state index in [9.17, 15) is 4.79 Å². The number of nitrogens with zero attached hydrogens (tertiary/aromatic N) is 3. The average Bonchev–Trinajstić information content (AvgIpc) is 2.84. The highest BCUT2D eigenvalue weighted by Gasteiger charge is 2.17. The van der Waals surface area contributed by atoms with Crippen molar-refractivity contribution in [2.45, 2.75) is 32.7 Å². The van der Waals surface area contributed by atoms with E-state index in [1.165, 1.54) is 0 Å². The summed E-state index contributed by atoms with van der Waals surface area (Å²) in [5.41, 5.74) is 1.14. The van der Waals surface area contributed by atoms with E-state index in [0.717, 1.165) is 31.5 Å². The molecule has 0 bridgehead atoms. The summed E-state index contributed by atoms with van der Waals surface area (Å²) in [5.74, 6) is 0.264. The van der Waals surface area contributed by atoms with Gasteiger partial charge in [-0.1, -0.05) is 0 Å². The van der Waals surface area contributed by atoms with Crippen molar-refractivity contribution >= 4 is 5.91 Å².